The molecule has 1 nitrogen and oxygen atoms in total. The van der Waals surface area contributed by atoms with Gasteiger partial charge in [0.2, 0.25) is 0 Å². The second-order valence-electron chi connectivity index (χ2n) is 1.34. The molecule has 0 aromatic heterocycles. The van der Waals surface area contributed by atoms with Gasteiger partial charge in [0, 0.05) is 0 Å². The van der Waals surface area contributed by atoms with Gasteiger partial charge in [-0.25, -0.2) is 0 Å². The zero-order valence-electron chi connectivity index (χ0n) is 4.32. The lowest BCUT2D eigenvalue weighted by atomic mass is 10.4. The Bertz CT molecular complexity index is 86.1. The minimum absolute atomic E-state index is 0.767. The van der Waals surface area contributed by atoms with E-state index < -0.39 is 0 Å². The molecule has 0 aromatic rings. The molecule has 0 unspecified atom stereocenters. The molecule has 0 amide bonds. The fraction of sp³-hybridized carbons (Fsp3) is 0.400. The maximum Gasteiger partial charge on any atom is 0.0597 e. The molecule has 2 heteroatoms. The molecular formula is C5H8IN. The third kappa shape index (κ3) is 3.98. The molecule has 0 heterocycles. The zero-order chi connectivity index (χ0) is 5.70. The van der Waals surface area contributed by atoms with Crippen LogP contribution in [0.25, 0.3) is 0 Å². The molecule has 0 spiro atoms. The minimum atomic E-state index is 0.767. The molecular weight excluding hydrogens is 201 g/mol. The number of hydrogen-bond acceptors (Lipinski definition) is 1. The monoisotopic (exact) mass is 209 g/mol. The first-order chi connectivity index (χ1) is 3.31. The number of aliphatic imine (C=N–C) groups is 1. The topological polar surface area (TPSA) is 12.4 Å². The highest BCUT2D eigenvalue weighted by Crippen LogP contribution is 1.96. The highest BCUT2D eigenvalue weighted by Gasteiger charge is 1.78. The Morgan fingerprint density at radius 1 is 2.00 bits per heavy atom. The lowest BCUT2D eigenvalue weighted by Gasteiger charge is -1.86. The van der Waals surface area contributed by atoms with Crippen molar-refractivity contribution < 1.29 is 0 Å². The molecule has 0 saturated heterocycles. The van der Waals surface area contributed by atoms with E-state index in [1.54, 1.807) is 0 Å². The van der Waals surface area contributed by atoms with Gasteiger partial charge in [-0.15, -0.1) is 0 Å². The van der Waals surface area contributed by atoms with Gasteiger partial charge in [0.15, 0.2) is 0 Å². The van der Waals surface area contributed by atoms with Crippen molar-refractivity contribution in [3.05, 3.63) is 9.66 Å². The molecule has 7 heavy (non-hydrogen) atoms. The van der Waals surface area contributed by atoms with E-state index in [4.69, 9.17) is 0 Å². The van der Waals surface area contributed by atoms with Gasteiger partial charge < -0.3 is 0 Å². The van der Waals surface area contributed by atoms with Crippen molar-refractivity contribution in [3.8, 4) is 0 Å². The molecule has 0 aliphatic rings. The second kappa shape index (κ2) is 4.30. The van der Waals surface area contributed by atoms with E-state index in [0.717, 1.165) is 6.54 Å². The number of hydrogen-bond donors (Lipinski definition) is 0. The molecule has 0 bridgehead atoms. The predicted molar refractivity (Wildman–Crippen MR) is 42.2 cm³/mol. The van der Waals surface area contributed by atoms with Crippen molar-refractivity contribution in [1.29, 1.82) is 0 Å². The largest absolute Gasteiger partial charge is 0.297 e. The molecule has 0 aromatic carbocycles. The Balaban J connectivity index is 3.36. The van der Waals surface area contributed by atoms with E-state index >= 15 is 0 Å². The summed E-state index contributed by atoms with van der Waals surface area (Å²) in [6.45, 7) is 6.15. The fourth-order valence-corrected chi connectivity index (χ4v) is 0.408. The van der Waals surface area contributed by atoms with Gasteiger partial charge in [-0.1, -0.05) is 22.6 Å². The van der Waals surface area contributed by atoms with E-state index in [-0.39, 0.29) is 0 Å². The summed E-state index contributed by atoms with van der Waals surface area (Å²) in [6.07, 6.45) is 0. The predicted octanol–water partition coefficient (Wildman–Crippen LogP) is 2.03. The van der Waals surface area contributed by atoms with Crippen molar-refractivity contribution in [2.45, 2.75) is 6.92 Å². The Morgan fingerprint density at radius 3 is 2.71 bits per heavy atom. The lowest BCUT2D eigenvalue weighted by molar-refractivity contribution is 1.16. The van der Waals surface area contributed by atoms with Crippen LogP contribution < -0.4 is 0 Å². The third-order valence-electron chi connectivity index (χ3n) is 0.547. The van der Waals surface area contributed by atoms with Crippen LogP contribution in [-0.2, 0) is 0 Å². The summed E-state index contributed by atoms with van der Waals surface area (Å²) >= 11 is 2.19. The molecule has 40 valence electrons. The summed E-state index contributed by atoms with van der Waals surface area (Å²) in [4.78, 5) is 3.68. The fourth-order valence-electron chi connectivity index (χ4n) is 0.211. The highest BCUT2D eigenvalue weighted by atomic mass is 127. The normalized spacial score (nSPS) is 11.4. The molecule has 0 fully saturated rings. The summed E-state index contributed by atoms with van der Waals surface area (Å²) in [6, 6.07) is 0. The van der Waals surface area contributed by atoms with Crippen LogP contribution in [0, 0.1) is 0 Å². The maximum atomic E-state index is 3.68. The van der Waals surface area contributed by atoms with Crippen molar-refractivity contribution in [2.24, 2.45) is 4.99 Å². The second-order valence-corrected chi connectivity index (χ2v) is 1.96. The van der Waals surface area contributed by atoms with Crippen molar-refractivity contribution in [3.63, 3.8) is 0 Å². The van der Waals surface area contributed by atoms with Crippen LogP contribution in [-0.4, -0.2) is 13.3 Å². The number of rotatable bonds is 2. The van der Waals surface area contributed by atoms with Crippen LogP contribution in [0.5, 0.6) is 0 Å². The van der Waals surface area contributed by atoms with Crippen LogP contribution in [0.4, 0.5) is 0 Å². The average molecular weight is 209 g/mol. The van der Waals surface area contributed by atoms with Gasteiger partial charge in [0.1, 0.15) is 0 Å². The Labute approximate surface area is 57.7 Å². The molecule has 0 atom stereocenters. The van der Waals surface area contributed by atoms with Crippen molar-refractivity contribution >= 4 is 29.3 Å². The number of nitrogens with zero attached hydrogens (tertiary/aromatic N) is 1. The van der Waals surface area contributed by atoms with Crippen LogP contribution in [0.1, 0.15) is 6.92 Å². The lowest BCUT2D eigenvalue weighted by Crippen LogP contribution is -1.76. The van der Waals surface area contributed by atoms with Crippen molar-refractivity contribution in [1.82, 2.24) is 0 Å². The van der Waals surface area contributed by atoms with E-state index in [9.17, 15) is 0 Å². The highest BCUT2D eigenvalue weighted by molar-refractivity contribution is 14.1. The summed E-state index contributed by atoms with van der Waals surface area (Å²) in [5, 5.41) is 0. The van der Waals surface area contributed by atoms with E-state index in [1.165, 1.54) is 5.57 Å². The van der Waals surface area contributed by atoms with Gasteiger partial charge in [-0.2, -0.15) is 0 Å². The van der Waals surface area contributed by atoms with Gasteiger partial charge >= 0.3 is 0 Å². The van der Waals surface area contributed by atoms with Gasteiger partial charge in [-0.3, -0.25) is 4.99 Å². The molecule has 0 saturated carbocycles. The van der Waals surface area contributed by atoms with E-state index in [2.05, 4.69) is 34.3 Å². The third-order valence-corrected chi connectivity index (χ3v) is 1.61. The van der Waals surface area contributed by atoms with Crippen LogP contribution in [0.15, 0.2) is 14.6 Å². The molecule has 0 aliphatic carbocycles. The van der Waals surface area contributed by atoms with E-state index in [1.807, 2.05) is 11.0 Å². The summed E-state index contributed by atoms with van der Waals surface area (Å²) < 4.78 is 2.01. The summed E-state index contributed by atoms with van der Waals surface area (Å²) in [7, 11) is 0. The van der Waals surface area contributed by atoms with E-state index in [0.29, 0.717) is 0 Å². The summed E-state index contributed by atoms with van der Waals surface area (Å²) in [5.41, 5.74) is 1.26. The van der Waals surface area contributed by atoms with Gasteiger partial charge in [0.25, 0.3) is 0 Å². The first-order valence-corrected chi connectivity index (χ1v) is 3.24. The standard InChI is InChI=1S/C5H8IN/c1-5(3-6)4-7-2/h3H,2,4H2,1H3/b5-3+. The average Bonchev–Trinajstić information content (AvgIpc) is 1.68. The SMILES string of the molecule is C=NC/C(C)=C/I. The first-order valence-electron chi connectivity index (χ1n) is 1.99. The molecule has 0 N–H and O–H groups in total. The van der Waals surface area contributed by atoms with Crippen LogP contribution >= 0.6 is 22.6 Å². The van der Waals surface area contributed by atoms with Gasteiger partial charge in [-0.05, 0) is 23.3 Å². The maximum absolute atomic E-state index is 3.68. The molecule has 0 rings (SSSR count). The smallest absolute Gasteiger partial charge is 0.0597 e. The Hall–Kier alpha value is 0.140. The molecule has 0 radical (unpaired) electrons. The first kappa shape index (κ1) is 7.14. The van der Waals surface area contributed by atoms with Crippen molar-refractivity contribution in [2.75, 3.05) is 6.54 Å². The minimum Gasteiger partial charge on any atom is -0.297 e. The van der Waals surface area contributed by atoms with Crippen LogP contribution in [0.2, 0.25) is 0 Å². The Kier molecular flexibility index (Phi) is 4.39. The Morgan fingerprint density at radius 2 is 2.57 bits per heavy atom. The molecule has 0 aliphatic heterocycles. The quantitative estimate of drug-likeness (QED) is 0.487. The van der Waals surface area contributed by atoms with Gasteiger partial charge in [0.05, 0.1) is 6.54 Å². The summed E-state index contributed by atoms with van der Waals surface area (Å²) in [5.74, 6) is 0. The zero-order valence-corrected chi connectivity index (χ0v) is 6.47. The van der Waals surface area contributed by atoms with Crippen LogP contribution in [0.3, 0.4) is 0 Å². The number of halogens is 1.